The monoisotopic (exact) mass is 446 g/mol. The van der Waals surface area contributed by atoms with E-state index in [2.05, 4.69) is 20.8 Å². The second kappa shape index (κ2) is 8.69. The van der Waals surface area contributed by atoms with Crippen LogP contribution < -0.4 is 9.47 Å². The van der Waals surface area contributed by atoms with Crippen LogP contribution in [0.15, 0.2) is 18.2 Å². The van der Waals surface area contributed by atoms with Gasteiger partial charge in [0.05, 0.1) is 12.2 Å². The molecule has 6 heteroatoms. The molecule has 178 valence electrons. The second-order valence-corrected chi connectivity index (χ2v) is 10.8. The highest BCUT2D eigenvalue weighted by Crippen LogP contribution is 2.62. The number of aryl methyl sites for hydroxylation is 1. The highest BCUT2D eigenvalue weighted by Gasteiger charge is 2.61. The number of hydrogen-bond donors (Lipinski definition) is 1. The van der Waals surface area contributed by atoms with Crippen molar-refractivity contribution in [3.8, 4) is 11.5 Å². The van der Waals surface area contributed by atoms with E-state index in [9.17, 15) is 14.7 Å². The lowest BCUT2D eigenvalue weighted by Gasteiger charge is -2.62. The fourth-order valence-corrected chi connectivity index (χ4v) is 6.40. The van der Waals surface area contributed by atoms with Crippen LogP contribution in [-0.4, -0.2) is 35.4 Å². The molecule has 32 heavy (non-hydrogen) atoms. The van der Waals surface area contributed by atoms with Gasteiger partial charge in [-0.25, -0.2) is 0 Å². The van der Waals surface area contributed by atoms with E-state index in [0.717, 1.165) is 24.8 Å². The van der Waals surface area contributed by atoms with Crippen molar-refractivity contribution < 1.29 is 28.9 Å². The molecule has 2 saturated carbocycles. The molecule has 1 aromatic rings. The standard InChI is InChI=1S/C26H38O6/c1-16-8-9-19(14-20(16)31-17(2)27)30-15-22-25(6)12-11-23(32-18(3)28)24(4,5)21(25)10-13-26(22,7)29/h8-9,14,21-23,29H,10-13,15H2,1-7H3. The highest BCUT2D eigenvalue weighted by atomic mass is 16.5. The third-order valence-corrected chi connectivity index (χ3v) is 8.09. The fourth-order valence-electron chi connectivity index (χ4n) is 6.40. The molecule has 1 aromatic carbocycles. The summed E-state index contributed by atoms with van der Waals surface area (Å²) in [6.07, 6.45) is 3.06. The van der Waals surface area contributed by atoms with Gasteiger partial charge in [-0.1, -0.05) is 26.8 Å². The number of hydrogen-bond acceptors (Lipinski definition) is 6. The third kappa shape index (κ3) is 4.66. The average molecular weight is 447 g/mol. The summed E-state index contributed by atoms with van der Waals surface area (Å²) >= 11 is 0. The van der Waals surface area contributed by atoms with Gasteiger partial charge in [0.15, 0.2) is 0 Å². The van der Waals surface area contributed by atoms with Crippen molar-refractivity contribution in [1.29, 1.82) is 0 Å². The van der Waals surface area contributed by atoms with Crippen molar-refractivity contribution in [2.45, 2.75) is 85.9 Å². The summed E-state index contributed by atoms with van der Waals surface area (Å²) in [4.78, 5) is 23.1. The van der Waals surface area contributed by atoms with Gasteiger partial charge in [0.25, 0.3) is 0 Å². The Morgan fingerprint density at radius 2 is 1.75 bits per heavy atom. The van der Waals surface area contributed by atoms with Crippen LogP contribution in [0.4, 0.5) is 0 Å². The molecule has 0 aliphatic heterocycles. The molecule has 6 nitrogen and oxygen atoms in total. The number of carbonyl (C=O) groups excluding carboxylic acids is 2. The van der Waals surface area contributed by atoms with Crippen molar-refractivity contribution in [2.75, 3.05) is 6.61 Å². The van der Waals surface area contributed by atoms with E-state index < -0.39 is 5.60 Å². The Balaban J connectivity index is 1.84. The molecule has 3 rings (SSSR count). The topological polar surface area (TPSA) is 82.1 Å². The molecule has 0 heterocycles. The molecule has 0 spiro atoms. The van der Waals surface area contributed by atoms with Crippen LogP contribution in [0.5, 0.6) is 11.5 Å². The first-order chi connectivity index (χ1) is 14.8. The SMILES string of the molecule is CC(=O)Oc1cc(OCC2C(C)(O)CCC3C(C)(C)C(OC(C)=O)CCC23C)ccc1C. The van der Waals surface area contributed by atoms with Crippen molar-refractivity contribution in [2.24, 2.45) is 22.7 Å². The minimum atomic E-state index is -0.862. The molecule has 5 atom stereocenters. The Morgan fingerprint density at radius 1 is 1.06 bits per heavy atom. The Bertz CT molecular complexity index is 873. The molecule has 0 radical (unpaired) electrons. The van der Waals surface area contributed by atoms with E-state index in [0.29, 0.717) is 24.5 Å². The maximum Gasteiger partial charge on any atom is 0.308 e. The first-order valence-corrected chi connectivity index (χ1v) is 11.6. The Hall–Kier alpha value is -2.08. The van der Waals surface area contributed by atoms with Gasteiger partial charge < -0.3 is 19.3 Å². The molecular formula is C26H38O6. The molecule has 1 N–H and O–H groups in total. The van der Waals surface area contributed by atoms with E-state index in [-0.39, 0.29) is 40.7 Å². The summed E-state index contributed by atoms with van der Waals surface area (Å²) in [6.45, 7) is 13.6. The molecule has 2 aliphatic carbocycles. The summed E-state index contributed by atoms with van der Waals surface area (Å²) in [5, 5.41) is 11.4. The minimum absolute atomic E-state index is 0.0928. The smallest absolute Gasteiger partial charge is 0.308 e. The van der Waals surface area contributed by atoms with Crippen LogP contribution >= 0.6 is 0 Å². The number of aliphatic hydroxyl groups is 1. The lowest BCUT2D eigenvalue weighted by molar-refractivity contribution is -0.210. The summed E-state index contributed by atoms with van der Waals surface area (Å²) in [5.74, 6) is 0.681. The van der Waals surface area contributed by atoms with E-state index in [1.807, 2.05) is 26.0 Å². The number of ether oxygens (including phenoxy) is 3. The summed E-state index contributed by atoms with van der Waals surface area (Å²) in [5.41, 5.74) is -0.362. The van der Waals surface area contributed by atoms with Gasteiger partial charge in [0, 0.05) is 31.2 Å². The fraction of sp³-hybridized carbons (Fsp3) is 0.692. The van der Waals surface area contributed by atoms with E-state index >= 15 is 0 Å². The van der Waals surface area contributed by atoms with Gasteiger partial charge in [-0.2, -0.15) is 0 Å². The summed E-state index contributed by atoms with van der Waals surface area (Å²) < 4.78 is 17.2. The first-order valence-electron chi connectivity index (χ1n) is 11.6. The second-order valence-electron chi connectivity index (χ2n) is 10.8. The molecule has 2 aliphatic rings. The molecule has 0 bridgehead atoms. The molecule has 2 fully saturated rings. The lowest BCUT2D eigenvalue weighted by Crippen LogP contribution is -2.62. The van der Waals surface area contributed by atoms with Gasteiger partial charge >= 0.3 is 11.9 Å². The zero-order chi connectivity index (χ0) is 23.9. The van der Waals surface area contributed by atoms with Gasteiger partial charge in [-0.3, -0.25) is 9.59 Å². The van der Waals surface area contributed by atoms with E-state index in [1.165, 1.54) is 13.8 Å². The molecule has 0 saturated heterocycles. The Labute approximate surface area is 191 Å². The zero-order valence-electron chi connectivity index (χ0n) is 20.5. The number of esters is 2. The van der Waals surface area contributed by atoms with Crippen molar-refractivity contribution in [3.63, 3.8) is 0 Å². The molecule has 5 unspecified atom stereocenters. The Morgan fingerprint density at radius 3 is 2.38 bits per heavy atom. The van der Waals surface area contributed by atoms with Crippen molar-refractivity contribution in [1.82, 2.24) is 0 Å². The van der Waals surface area contributed by atoms with Gasteiger partial charge in [0.1, 0.15) is 17.6 Å². The summed E-state index contributed by atoms with van der Waals surface area (Å²) in [7, 11) is 0. The number of benzene rings is 1. The maximum atomic E-state index is 11.7. The van der Waals surface area contributed by atoms with Crippen LogP contribution in [0.2, 0.25) is 0 Å². The predicted octanol–water partition coefficient (Wildman–Crippen LogP) is 4.83. The number of carbonyl (C=O) groups is 2. The zero-order valence-corrected chi connectivity index (χ0v) is 20.5. The van der Waals surface area contributed by atoms with Crippen LogP contribution in [0.1, 0.15) is 72.8 Å². The van der Waals surface area contributed by atoms with Crippen LogP contribution in [0.3, 0.4) is 0 Å². The number of fused-ring (bicyclic) bond motifs is 1. The van der Waals surface area contributed by atoms with Crippen LogP contribution in [0.25, 0.3) is 0 Å². The average Bonchev–Trinajstić information content (AvgIpc) is 2.65. The predicted molar refractivity (Wildman–Crippen MR) is 121 cm³/mol. The van der Waals surface area contributed by atoms with Gasteiger partial charge in [-0.15, -0.1) is 0 Å². The molecular weight excluding hydrogens is 408 g/mol. The Kier molecular flexibility index (Phi) is 6.67. The van der Waals surface area contributed by atoms with Crippen molar-refractivity contribution >= 4 is 11.9 Å². The van der Waals surface area contributed by atoms with Crippen molar-refractivity contribution in [3.05, 3.63) is 23.8 Å². The quantitative estimate of drug-likeness (QED) is 0.515. The van der Waals surface area contributed by atoms with Crippen LogP contribution in [-0.2, 0) is 14.3 Å². The highest BCUT2D eigenvalue weighted by molar-refractivity contribution is 5.70. The minimum Gasteiger partial charge on any atom is -0.493 e. The first kappa shape index (κ1) is 24.6. The number of rotatable bonds is 5. The molecule has 0 aromatic heterocycles. The summed E-state index contributed by atoms with van der Waals surface area (Å²) in [6, 6.07) is 5.46. The van der Waals surface area contributed by atoms with E-state index in [4.69, 9.17) is 14.2 Å². The lowest BCUT2D eigenvalue weighted by atomic mass is 9.45. The van der Waals surface area contributed by atoms with Gasteiger partial charge in [0.2, 0.25) is 0 Å². The van der Waals surface area contributed by atoms with Gasteiger partial charge in [-0.05, 0) is 62.5 Å². The maximum absolute atomic E-state index is 11.7. The van der Waals surface area contributed by atoms with E-state index in [1.54, 1.807) is 6.07 Å². The largest absolute Gasteiger partial charge is 0.493 e. The normalized spacial score (nSPS) is 33.7. The molecule has 0 amide bonds. The van der Waals surface area contributed by atoms with Crippen LogP contribution in [0, 0.1) is 29.6 Å². The third-order valence-electron chi connectivity index (χ3n) is 8.09.